The number of aliphatic hydroxyl groups excluding tert-OH is 1. The molecule has 110 valence electrons. The molecular weight excluding hydrogens is 264 g/mol. The minimum absolute atomic E-state index is 0.123. The smallest absolute Gasteiger partial charge is 0.248 e. The van der Waals surface area contributed by atoms with Gasteiger partial charge in [-0.15, -0.1) is 0 Å². The van der Waals surface area contributed by atoms with E-state index < -0.39 is 18.2 Å². The number of amides is 1. The van der Waals surface area contributed by atoms with Gasteiger partial charge in [0.25, 0.3) is 0 Å². The number of aliphatic hydroxyl groups is 1. The lowest BCUT2D eigenvalue weighted by atomic mass is 9.91. The van der Waals surface area contributed by atoms with Crippen molar-refractivity contribution in [2.24, 2.45) is 5.92 Å². The Morgan fingerprint density at radius 2 is 2.05 bits per heavy atom. The molecule has 1 aromatic carbocycles. The predicted octanol–water partition coefficient (Wildman–Crippen LogP) is 2.13. The summed E-state index contributed by atoms with van der Waals surface area (Å²) in [6.07, 6.45) is 2.80. The number of carbonyl (C=O) groups is 1. The number of benzene rings is 1. The average Bonchev–Trinajstić information content (AvgIpc) is 2.46. The first kappa shape index (κ1) is 14.9. The average molecular weight is 283 g/mol. The summed E-state index contributed by atoms with van der Waals surface area (Å²) in [5.74, 6) is -1.06. The number of nitrogens with zero attached hydrogens (tertiary/aromatic N) is 1. The maximum absolute atomic E-state index is 13.5. The van der Waals surface area contributed by atoms with Gasteiger partial charge in [0.05, 0.1) is 0 Å². The molecule has 1 heterocycles. The van der Waals surface area contributed by atoms with Gasteiger partial charge < -0.3 is 10.0 Å². The molecule has 1 atom stereocenters. The third kappa shape index (κ3) is 3.54. The van der Waals surface area contributed by atoms with E-state index in [1.165, 1.54) is 18.2 Å². The summed E-state index contributed by atoms with van der Waals surface area (Å²) >= 11 is 0. The van der Waals surface area contributed by atoms with Crippen molar-refractivity contribution >= 4 is 5.91 Å². The highest BCUT2D eigenvalue weighted by molar-refractivity contribution is 5.77. The van der Waals surface area contributed by atoms with Crippen molar-refractivity contribution in [3.8, 4) is 0 Å². The molecule has 1 N–H and O–H groups in total. The molecule has 20 heavy (non-hydrogen) atoms. The van der Waals surface area contributed by atoms with Crippen LogP contribution in [0.15, 0.2) is 18.2 Å². The monoisotopic (exact) mass is 283 g/mol. The van der Waals surface area contributed by atoms with E-state index in [0.29, 0.717) is 25.9 Å². The van der Waals surface area contributed by atoms with Gasteiger partial charge in [-0.1, -0.05) is 6.07 Å². The van der Waals surface area contributed by atoms with Crippen molar-refractivity contribution in [3.05, 3.63) is 35.4 Å². The summed E-state index contributed by atoms with van der Waals surface area (Å²) in [6, 6.07) is 3.89. The maximum atomic E-state index is 13.5. The summed E-state index contributed by atoms with van der Waals surface area (Å²) < 4.78 is 27.1. The van der Waals surface area contributed by atoms with Crippen LogP contribution in [-0.4, -0.2) is 35.6 Å². The molecule has 0 spiro atoms. The van der Waals surface area contributed by atoms with Crippen molar-refractivity contribution in [3.63, 3.8) is 0 Å². The molecule has 1 aliphatic rings. The Bertz CT molecular complexity index is 459. The molecule has 1 fully saturated rings. The summed E-state index contributed by atoms with van der Waals surface area (Å²) in [5.41, 5.74) is 0.123. The number of halogens is 2. The van der Waals surface area contributed by atoms with E-state index in [-0.39, 0.29) is 17.4 Å². The van der Waals surface area contributed by atoms with Crippen LogP contribution in [0.1, 0.15) is 24.8 Å². The molecule has 0 aromatic heterocycles. The Kier molecular flexibility index (Phi) is 5.06. The van der Waals surface area contributed by atoms with E-state index in [1.54, 1.807) is 4.90 Å². The zero-order valence-corrected chi connectivity index (χ0v) is 11.3. The lowest BCUT2D eigenvalue weighted by Crippen LogP contribution is -2.41. The largest absolute Gasteiger partial charge is 0.387 e. The zero-order valence-electron chi connectivity index (χ0n) is 11.3. The van der Waals surface area contributed by atoms with E-state index in [2.05, 4.69) is 0 Å². The SMILES string of the molecule is O=C(CO)N1CCC[C@@H](CCc2c(F)cccc2F)C1. The fourth-order valence-corrected chi connectivity index (χ4v) is 2.75. The second kappa shape index (κ2) is 6.79. The molecule has 0 aliphatic carbocycles. The summed E-state index contributed by atoms with van der Waals surface area (Å²) in [5, 5.41) is 8.86. The standard InChI is InChI=1S/C15H19F2NO2/c16-13-4-1-5-14(17)12(13)7-6-11-3-2-8-18(9-11)15(20)10-19/h1,4-5,11,19H,2-3,6-10H2/t11-/m0/s1. The topological polar surface area (TPSA) is 40.5 Å². The van der Waals surface area contributed by atoms with Crippen LogP contribution in [0.2, 0.25) is 0 Å². The number of hydrogen-bond acceptors (Lipinski definition) is 2. The van der Waals surface area contributed by atoms with E-state index in [0.717, 1.165) is 12.8 Å². The number of carbonyl (C=O) groups excluding carboxylic acids is 1. The molecule has 1 saturated heterocycles. The Hall–Kier alpha value is -1.49. The fourth-order valence-electron chi connectivity index (χ4n) is 2.75. The third-order valence-electron chi connectivity index (χ3n) is 3.87. The molecule has 0 radical (unpaired) electrons. The van der Waals surface area contributed by atoms with Gasteiger partial charge in [0.2, 0.25) is 5.91 Å². The number of likely N-dealkylation sites (tertiary alicyclic amines) is 1. The van der Waals surface area contributed by atoms with Gasteiger partial charge in [-0.25, -0.2) is 8.78 Å². The molecule has 0 unspecified atom stereocenters. The summed E-state index contributed by atoms with van der Waals surface area (Å²) in [6.45, 7) is 0.744. The second-order valence-corrected chi connectivity index (χ2v) is 5.25. The lowest BCUT2D eigenvalue weighted by molar-refractivity contribution is -0.136. The summed E-state index contributed by atoms with van der Waals surface area (Å²) in [7, 11) is 0. The van der Waals surface area contributed by atoms with Crippen LogP contribution in [0.25, 0.3) is 0 Å². The van der Waals surface area contributed by atoms with Crippen molar-refractivity contribution in [2.75, 3.05) is 19.7 Å². The van der Waals surface area contributed by atoms with Gasteiger partial charge in [0.15, 0.2) is 0 Å². The second-order valence-electron chi connectivity index (χ2n) is 5.25. The highest BCUT2D eigenvalue weighted by atomic mass is 19.1. The first-order chi connectivity index (χ1) is 9.61. The Morgan fingerprint density at radius 3 is 2.70 bits per heavy atom. The highest BCUT2D eigenvalue weighted by Gasteiger charge is 2.23. The van der Waals surface area contributed by atoms with Gasteiger partial charge >= 0.3 is 0 Å². The highest BCUT2D eigenvalue weighted by Crippen LogP contribution is 2.23. The van der Waals surface area contributed by atoms with Crippen LogP contribution in [0.4, 0.5) is 8.78 Å². The Balaban J connectivity index is 1.92. The molecular formula is C15H19F2NO2. The number of rotatable bonds is 4. The first-order valence-electron chi connectivity index (χ1n) is 6.93. The fraction of sp³-hybridized carbons (Fsp3) is 0.533. The van der Waals surface area contributed by atoms with Crippen LogP contribution in [0.3, 0.4) is 0 Å². The van der Waals surface area contributed by atoms with E-state index in [1.807, 2.05) is 0 Å². The van der Waals surface area contributed by atoms with E-state index >= 15 is 0 Å². The van der Waals surface area contributed by atoms with Crippen LogP contribution in [0, 0.1) is 17.6 Å². The normalized spacial score (nSPS) is 19.1. The lowest BCUT2D eigenvalue weighted by Gasteiger charge is -2.32. The van der Waals surface area contributed by atoms with Crippen molar-refractivity contribution < 1.29 is 18.7 Å². The van der Waals surface area contributed by atoms with Gasteiger partial charge in [0, 0.05) is 18.7 Å². The zero-order chi connectivity index (χ0) is 14.5. The number of hydrogen-bond donors (Lipinski definition) is 1. The molecule has 0 saturated carbocycles. The van der Waals surface area contributed by atoms with Gasteiger partial charge in [0.1, 0.15) is 18.2 Å². The number of piperidine rings is 1. The van der Waals surface area contributed by atoms with Crippen LogP contribution in [0.5, 0.6) is 0 Å². The molecule has 5 heteroatoms. The minimum atomic E-state index is -0.510. The van der Waals surface area contributed by atoms with E-state index in [9.17, 15) is 13.6 Å². The summed E-state index contributed by atoms with van der Waals surface area (Å²) in [4.78, 5) is 13.1. The Morgan fingerprint density at radius 1 is 1.35 bits per heavy atom. The minimum Gasteiger partial charge on any atom is -0.387 e. The van der Waals surface area contributed by atoms with Crippen LogP contribution in [-0.2, 0) is 11.2 Å². The molecule has 1 amide bonds. The van der Waals surface area contributed by atoms with Crippen molar-refractivity contribution in [1.29, 1.82) is 0 Å². The molecule has 2 rings (SSSR count). The first-order valence-corrected chi connectivity index (χ1v) is 6.93. The third-order valence-corrected chi connectivity index (χ3v) is 3.87. The molecule has 3 nitrogen and oxygen atoms in total. The molecule has 0 bridgehead atoms. The van der Waals surface area contributed by atoms with Gasteiger partial charge in [-0.3, -0.25) is 4.79 Å². The van der Waals surface area contributed by atoms with Crippen LogP contribution >= 0.6 is 0 Å². The Labute approximate surface area is 117 Å². The quantitative estimate of drug-likeness (QED) is 0.919. The van der Waals surface area contributed by atoms with Gasteiger partial charge in [-0.05, 0) is 43.7 Å². The van der Waals surface area contributed by atoms with E-state index in [4.69, 9.17) is 5.11 Å². The predicted molar refractivity (Wildman–Crippen MR) is 71.1 cm³/mol. The molecule has 1 aromatic rings. The van der Waals surface area contributed by atoms with Crippen molar-refractivity contribution in [2.45, 2.75) is 25.7 Å². The van der Waals surface area contributed by atoms with Gasteiger partial charge in [-0.2, -0.15) is 0 Å². The van der Waals surface area contributed by atoms with Crippen molar-refractivity contribution in [1.82, 2.24) is 4.90 Å². The maximum Gasteiger partial charge on any atom is 0.248 e. The molecule has 1 aliphatic heterocycles. The van der Waals surface area contributed by atoms with Crippen LogP contribution < -0.4 is 0 Å².